The highest BCUT2D eigenvalue weighted by Crippen LogP contribution is 2.20. The van der Waals surface area contributed by atoms with Crippen molar-refractivity contribution in [3.05, 3.63) is 23.5 Å². The van der Waals surface area contributed by atoms with Gasteiger partial charge in [-0.25, -0.2) is 0 Å². The van der Waals surface area contributed by atoms with Gasteiger partial charge in [0.05, 0.1) is 0 Å². The average Bonchev–Trinajstić information content (AvgIpc) is 2.40. The van der Waals surface area contributed by atoms with Crippen molar-refractivity contribution in [3.63, 3.8) is 0 Å². The second-order valence-electron chi connectivity index (χ2n) is 3.27. The minimum absolute atomic E-state index is 0.666. The third kappa shape index (κ3) is 1.18. The maximum absolute atomic E-state index is 3.41. The molecule has 1 aromatic rings. The first kappa shape index (κ1) is 6.92. The molecule has 1 atom stereocenters. The van der Waals surface area contributed by atoms with Crippen molar-refractivity contribution >= 4 is 0 Å². The molecule has 1 aliphatic rings. The zero-order chi connectivity index (χ0) is 7.68. The summed E-state index contributed by atoms with van der Waals surface area (Å²) in [5.74, 6) is 0.666. The van der Waals surface area contributed by atoms with Crippen LogP contribution in [0.25, 0.3) is 0 Å². The smallest absolute Gasteiger partial charge is 0.0195 e. The summed E-state index contributed by atoms with van der Waals surface area (Å²) in [4.78, 5) is 3.29. The SMILES string of the molecule is CC1CNCCc2[nH]ccc21. The number of rotatable bonds is 0. The molecule has 2 nitrogen and oxygen atoms in total. The Morgan fingerprint density at radius 2 is 2.45 bits per heavy atom. The Balaban J connectivity index is 2.34. The maximum Gasteiger partial charge on any atom is 0.0195 e. The van der Waals surface area contributed by atoms with Gasteiger partial charge in [-0.05, 0) is 17.5 Å². The molecule has 0 bridgehead atoms. The highest BCUT2D eigenvalue weighted by Gasteiger charge is 2.13. The van der Waals surface area contributed by atoms with Crippen molar-refractivity contribution in [2.75, 3.05) is 13.1 Å². The molecule has 2 heterocycles. The second kappa shape index (κ2) is 2.70. The Morgan fingerprint density at radius 3 is 3.36 bits per heavy atom. The molecule has 2 heteroatoms. The van der Waals surface area contributed by atoms with Crippen LogP contribution < -0.4 is 5.32 Å². The van der Waals surface area contributed by atoms with Gasteiger partial charge in [-0.3, -0.25) is 0 Å². The van der Waals surface area contributed by atoms with E-state index in [0.717, 1.165) is 19.5 Å². The lowest BCUT2D eigenvalue weighted by Gasteiger charge is -2.06. The lowest BCUT2D eigenvalue weighted by molar-refractivity contribution is 0.643. The molecule has 1 aliphatic heterocycles. The van der Waals surface area contributed by atoms with Crippen LogP contribution in [0.2, 0.25) is 0 Å². The minimum Gasteiger partial charge on any atom is -0.365 e. The number of aromatic amines is 1. The van der Waals surface area contributed by atoms with E-state index in [-0.39, 0.29) is 0 Å². The van der Waals surface area contributed by atoms with Gasteiger partial charge in [-0.1, -0.05) is 6.92 Å². The van der Waals surface area contributed by atoms with Crippen molar-refractivity contribution in [3.8, 4) is 0 Å². The van der Waals surface area contributed by atoms with E-state index in [0.29, 0.717) is 5.92 Å². The van der Waals surface area contributed by atoms with Crippen LogP contribution in [0.15, 0.2) is 12.3 Å². The molecule has 0 radical (unpaired) electrons. The normalized spacial score (nSPS) is 24.3. The Labute approximate surface area is 67.0 Å². The van der Waals surface area contributed by atoms with Gasteiger partial charge in [-0.15, -0.1) is 0 Å². The van der Waals surface area contributed by atoms with Crippen LogP contribution in [0, 0.1) is 0 Å². The molecule has 2 rings (SSSR count). The van der Waals surface area contributed by atoms with Crippen LogP contribution in [0.1, 0.15) is 24.1 Å². The van der Waals surface area contributed by atoms with E-state index in [1.807, 2.05) is 6.20 Å². The third-order valence-corrected chi connectivity index (χ3v) is 2.40. The quantitative estimate of drug-likeness (QED) is 0.572. The third-order valence-electron chi connectivity index (χ3n) is 2.40. The topological polar surface area (TPSA) is 27.8 Å². The molecule has 0 fully saturated rings. The van der Waals surface area contributed by atoms with Gasteiger partial charge < -0.3 is 10.3 Å². The second-order valence-corrected chi connectivity index (χ2v) is 3.27. The molecule has 2 N–H and O–H groups in total. The van der Waals surface area contributed by atoms with Crippen LogP contribution in [-0.4, -0.2) is 18.1 Å². The van der Waals surface area contributed by atoms with E-state index in [4.69, 9.17) is 0 Å². The van der Waals surface area contributed by atoms with E-state index in [1.54, 1.807) is 0 Å². The molecule has 0 amide bonds. The van der Waals surface area contributed by atoms with E-state index in [9.17, 15) is 0 Å². The van der Waals surface area contributed by atoms with Crippen molar-refractivity contribution < 1.29 is 0 Å². The maximum atomic E-state index is 3.41. The molecule has 0 saturated heterocycles. The number of hydrogen-bond donors (Lipinski definition) is 2. The summed E-state index contributed by atoms with van der Waals surface area (Å²) in [6, 6.07) is 2.20. The number of aromatic nitrogens is 1. The monoisotopic (exact) mass is 150 g/mol. The zero-order valence-corrected chi connectivity index (χ0v) is 6.85. The molecular formula is C9H14N2. The van der Waals surface area contributed by atoms with Crippen molar-refractivity contribution in [1.29, 1.82) is 0 Å². The Morgan fingerprint density at radius 1 is 1.55 bits per heavy atom. The lowest BCUT2D eigenvalue weighted by atomic mass is 10.0. The summed E-state index contributed by atoms with van der Waals surface area (Å²) in [6.07, 6.45) is 3.19. The molecule has 0 saturated carbocycles. The summed E-state index contributed by atoms with van der Waals surface area (Å²) in [5.41, 5.74) is 2.91. The lowest BCUT2D eigenvalue weighted by Crippen LogP contribution is -2.18. The molecule has 0 aromatic carbocycles. The summed E-state index contributed by atoms with van der Waals surface area (Å²) >= 11 is 0. The summed E-state index contributed by atoms with van der Waals surface area (Å²) in [7, 11) is 0. The standard InChI is InChI=1S/C9H14N2/c1-7-6-10-4-3-9-8(7)2-5-11-9/h2,5,7,10-11H,3-4,6H2,1H3. The van der Waals surface area contributed by atoms with Crippen molar-refractivity contribution in [1.82, 2.24) is 10.3 Å². The molecule has 11 heavy (non-hydrogen) atoms. The largest absolute Gasteiger partial charge is 0.365 e. The van der Waals surface area contributed by atoms with Gasteiger partial charge in [0, 0.05) is 31.4 Å². The van der Waals surface area contributed by atoms with E-state index >= 15 is 0 Å². The number of nitrogens with one attached hydrogen (secondary N) is 2. The van der Waals surface area contributed by atoms with Crippen LogP contribution in [0.5, 0.6) is 0 Å². The Bertz CT molecular complexity index is 239. The minimum atomic E-state index is 0.666. The van der Waals surface area contributed by atoms with E-state index in [1.165, 1.54) is 11.3 Å². The number of fused-ring (bicyclic) bond motifs is 1. The highest BCUT2D eigenvalue weighted by molar-refractivity contribution is 5.26. The zero-order valence-electron chi connectivity index (χ0n) is 6.85. The molecule has 0 spiro atoms. The van der Waals surface area contributed by atoms with Gasteiger partial charge in [0.25, 0.3) is 0 Å². The Kier molecular flexibility index (Phi) is 1.70. The molecular weight excluding hydrogens is 136 g/mol. The van der Waals surface area contributed by atoms with Gasteiger partial charge in [0.15, 0.2) is 0 Å². The summed E-state index contributed by atoms with van der Waals surface area (Å²) in [6.45, 7) is 4.49. The number of hydrogen-bond acceptors (Lipinski definition) is 1. The van der Waals surface area contributed by atoms with Crippen LogP contribution in [-0.2, 0) is 6.42 Å². The van der Waals surface area contributed by atoms with E-state index < -0.39 is 0 Å². The summed E-state index contributed by atoms with van der Waals surface area (Å²) < 4.78 is 0. The van der Waals surface area contributed by atoms with Gasteiger partial charge in [0.1, 0.15) is 0 Å². The molecule has 60 valence electrons. The molecule has 1 unspecified atom stereocenters. The van der Waals surface area contributed by atoms with Crippen molar-refractivity contribution in [2.24, 2.45) is 0 Å². The van der Waals surface area contributed by atoms with Gasteiger partial charge >= 0.3 is 0 Å². The predicted octanol–water partition coefficient (Wildman–Crippen LogP) is 1.26. The fourth-order valence-electron chi connectivity index (χ4n) is 1.74. The average molecular weight is 150 g/mol. The van der Waals surface area contributed by atoms with Crippen LogP contribution in [0.4, 0.5) is 0 Å². The molecule has 1 aromatic heterocycles. The van der Waals surface area contributed by atoms with E-state index in [2.05, 4.69) is 23.3 Å². The first-order valence-electron chi connectivity index (χ1n) is 4.25. The van der Waals surface area contributed by atoms with Crippen molar-refractivity contribution in [2.45, 2.75) is 19.3 Å². The molecule has 0 aliphatic carbocycles. The highest BCUT2D eigenvalue weighted by atomic mass is 14.9. The van der Waals surface area contributed by atoms with Crippen LogP contribution >= 0.6 is 0 Å². The van der Waals surface area contributed by atoms with Crippen LogP contribution in [0.3, 0.4) is 0 Å². The van der Waals surface area contributed by atoms with Gasteiger partial charge in [0.2, 0.25) is 0 Å². The Hall–Kier alpha value is -0.760. The first-order valence-corrected chi connectivity index (χ1v) is 4.25. The fraction of sp³-hybridized carbons (Fsp3) is 0.556. The summed E-state index contributed by atoms with van der Waals surface area (Å²) in [5, 5.41) is 3.41. The first-order chi connectivity index (χ1) is 5.38. The van der Waals surface area contributed by atoms with Gasteiger partial charge in [-0.2, -0.15) is 0 Å². The predicted molar refractivity (Wildman–Crippen MR) is 45.8 cm³/mol. The number of H-pyrrole nitrogens is 1. The fourth-order valence-corrected chi connectivity index (χ4v) is 1.74.